The Labute approximate surface area is 189 Å². The molecule has 0 spiro atoms. The lowest BCUT2D eigenvalue weighted by Gasteiger charge is -2.38. The molecule has 0 unspecified atom stereocenters. The molecule has 0 saturated carbocycles. The van der Waals surface area contributed by atoms with Gasteiger partial charge in [0.1, 0.15) is 5.75 Å². The number of piperidine rings is 1. The molecule has 0 N–H and O–H groups in total. The summed E-state index contributed by atoms with van der Waals surface area (Å²) in [4.78, 5) is 43.2. The Morgan fingerprint density at radius 2 is 1.91 bits per heavy atom. The third-order valence-corrected chi connectivity index (χ3v) is 6.61. The van der Waals surface area contributed by atoms with E-state index in [-0.39, 0.29) is 49.8 Å². The third-order valence-electron chi connectivity index (χ3n) is 6.61. The van der Waals surface area contributed by atoms with Crippen LogP contribution in [0.5, 0.6) is 5.75 Å². The second kappa shape index (κ2) is 10.9. The highest BCUT2D eigenvalue weighted by molar-refractivity contribution is 6.10. The first-order valence-electron chi connectivity index (χ1n) is 11.2. The van der Waals surface area contributed by atoms with Crippen molar-refractivity contribution in [3.8, 4) is 5.75 Å². The maximum Gasteiger partial charge on any atom is 0.240 e. The molecule has 176 valence electrons. The van der Waals surface area contributed by atoms with Crippen molar-refractivity contribution in [2.75, 3.05) is 47.6 Å². The molecule has 0 aliphatic carbocycles. The number of likely N-dealkylation sites (tertiary alicyclic amines) is 2. The Morgan fingerprint density at radius 1 is 1.12 bits per heavy atom. The first kappa shape index (κ1) is 24.2. The highest BCUT2D eigenvalue weighted by Crippen LogP contribution is 2.42. The second-order valence-corrected chi connectivity index (χ2v) is 8.53. The lowest BCUT2D eigenvalue weighted by atomic mass is 9.75. The zero-order valence-electron chi connectivity index (χ0n) is 19.3. The minimum atomic E-state index is -1.24. The van der Waals surface area contributed by atoms with Crippen LogP contribution in [0.1, 0.15) is 44.1 Å². The molecule has 2 aliphatic rings. The Kier molecular flexibility index (Phi) is 8.26. The summed E-state index contributed by atoms with van der Waals surface area (Å²) in [5.41, 5.74) is -0.603. The molecule has 8 nitrogen and oxygen atoms in total. The van der Waals surface area contributed by atoms with Gasteiger partial charge in [-0.1, -0.05) is 12.1 Å². The number of ether oxygens (including phenoxy) is 3. The predicted molar refractivity (Wildman–Crippen MR) is 118 cm³/mol. The van der Waals surface area contributed by atoms with Gasteiger partial charge >= 0.3 is 0 Å². The van der Waals surface area contributed by atoms with Gasteiger partial charge in [-0.3, -0.25) is 19.3 Å². The van der Waals surface area contributed by atoms with Crippen molar-refractivity contribution in [2.45, 2.75) is 50.0 Å². The largest absolute Gasteiger partial charge is 0.497 e. The molecular weight excluding hydrogens is 412 g/mol. The van der Waals surface area contributed by atoms with E-state index < -0.39 is 5.41 Å². The van der Waals surface area contributed by atoms with E-state index in [0.29, 0.717) is 24.5 Å². The van der Waals surface area contributed by atoms with Gasteiger partial charge in [-0.2, -0.15) is 0 Å². The molecule has 32 heavy (non-hydrogen) atoms. The summed E-state index contributed by atoms with van der Waals surface area (Å²) in [5, 5.41) is 0. The van der Waals surface area contributed by atoms with Crippen molar-refractivity contribution < 1.29 is 28.6 Å². The van der Waals surface area contributed by atoms with Gasteiger partial charge in [0.25, 0.3) is 0 Å². The number of methoxy groups -OCH3 is 3. The number of hydrogen-bond acceptors (Lipinski definition) is 6. The van der Waals surface area contributed by atoms with E-state index in [9.17, 15) is 14.4 Å². The third kappa shape index (κ3) is 4.96. The second-order valence-electron chi connectivity index (χ2n) is 8.53. The molecule has 3 rings (SSSR count). The van der Waals surface area contributed by atoms with Gasteiger partial charge in [-0.15, -0.1) is 0 Å². The summed E-state index contributed by atoms with van der Waals surface area (Å²) in [6.07, 6.45) is 3.62. The van der Waals surface area contributed by atoms with Crippen LogP contribution in [0.3, 0.4) is 0 Å². The van der Waals surface area contributed by atoms with Crippen molar-refractivity contribution in [1.29, 1.82) is 0 Å². The lowest BCUT2D eigenvalue weighted by molar-refractivity contribution is -0.144. The van der Waals surface area contributed by atoms with Crippen LogP contribution in [0.15, 0.2) is 24.3 Å². The molecule has 0 aromatic heterocycles. The summed E-state index contributed by atoms with van der Waals surface area (Å²) < 4.78 is 15.7. The molecule has 8 heteroatoms. The Bertz CT molecular complexity index is 828. The molecule has 1 aromatic carbocycles. The zero-order valence-corrected chi connectivity index (χ0v) is 19.3. The SMILES string of the molecule is COCC[C@@H]1CCCCN1C(=O)C[C@]1(c2cccc(OC)c2)CC(=O)N(CCOC)C1=O. The quantitative estimate of drug-likeness (QED) is 0.512. The number of amides is 3. The van der Waals surface area contributed by atoms with Crippen LogP contribution in [0.4, 0.5) is 0 Å². The standard InChI is InChI=1S/C24H34N2O6/c1-30-13-10-19-8-4-5-11-25(19)21(27)16-24(18-7-6-9-20(15-18)32-3)17-22(28)26(23(24)29)12-14-31-2/h6-7,9,15,19H,4-5,8,10-14,16-17H2,1-3H3/t19-,24+/m0/s1. The number of rotatable bonds is 10. The van der Waals surface area contributed by atoms with Crippen LogP contribution in [0.25, 0.3) is 0 Å². The maximum atomic E-state index is 13.6. The maximum absolute atomic E-state index is 13.6. The monoisotopic (exact) mass is 446 g/mol. The fraction of sp³-hybridized carbons (Fsp3) is 0.625. The van der Waals surface area contributed by atoms with E-state index in [1.54, 1.807) is 38.5 Å². The predicted octanol–water partition coefficient (Wildman–Crippen LogP) is 2.15. The molecular formula is C24H34N2O6. The normalized spacial score (nSPS) is 23.7. The van der Waals surface area contributed by atoms with Crippen LogP contribution >= 0.6 is 0 Å². The van der Waals surface area contributed by atoms with Crippen molar-refractivity contribution in [2.24, 2.45) is 0 Å². The van der Waals surface area contributed by atoms with Crippen molar-refractivity contribution in [1.82, 2.24) is 9.80 Å². The van der Waals surface area contributed by atoms with Gasteiger partial charge in [-0.05, 0) is 43.4 Å². The first-order chi connectivity index (χ1) is 15.5. The zero-order chi connectivity index (χ0) is 23.1. The summed E-state index contributed by atoms with van der Waals surface area (Å²) in [6, 6.07) is 7.23. The number of carbonyl (C=O) groups excluding carboxylic acids is 3. The number of imide groups is 1. The van der Waals surface area contributed by atoms with Gasteiger partial charge in [-0.25, -0.2) is 0 Å². The lowest BCUT2D eigenvalue weighted by Crippen LogP contribution is -2.48. The van der Waals surface area contributed by atoms with E-state index in [4.69, 9.17) is 14.2 Å². The van der Waals surface area contributed by atoms with Crippen molar-refractivity contribution in [3.05, 3.63) is 29.8 Å². The molecule has 0 bridgehead atoms. The van der Waals surface area contributed by atoms with Gasteiger partial charge in [0.05, 0.1) is 25.7 Å². The minimum absolute atomic E-state index is 0.0367. The first-order valence-corrected chi connectivity index (χ1v) is 11.2. The van der Waals surface area contributed by atoms with E-state index in [0.717, 1.165) is 25.7 Å². The minimum Gasteiger partial charge on any atom is -0.497 e. The average molecular weight is 447 g/mol. The van der Waals surface area contributed by atoms with Gasteiger partial charge < -0.3 is 19.1 Å². The Morgan fingerprint density at radius 3 is 2.62 bits per heavy atom. The van der Waals surface area contributed by atoms with E-state index >= 15 is 0 Å². The number of nitrogens with zero attached hydrogens (tertiary/aromatic N) is 2. The van der Waals surface area contributed by atoms with Crippen LogP contribution in [-0.2, 0) is 29.3 Å². The topological polar surface area (TPSA) is 85.4 Å². The Hall–Kier alpha value is -2.45. The highest BCUT2D eigenvalue weighted by atomic mass is 16.5. The van der Waals surface area contributed by atoms with Crippen molar-refractivity contribution >= 4 is 17.7 Å². The summed E-state index contributed by atoms with van der Waals surface area (Å²) in [5.74, 6) is -0.131. The molecule has 2 heterocycles. The smallest absolute Gasteiger partial charge is 0.240 e. The fourth-order valence-electron chi connectivity index (χ4n) is 4.84. The highest BCUT2D eigenvalue weighted by Gasteiger charge is 2.54. The molecule has 2 atom stereocenters. The van der Waals surface area contributed by atoms with Gasteiger partial charge in [0, 0.05) is 46.3 Å². The molecule has 0 radical (unpaired) electrons. The van der Waals surface area contributed by atoms with E-state index in [1.165, 1.54) is 12.0 Å². The summed E-state index contributed by atoms with van der Waals surface area (Å²) in [7, 11) is 4.74. The summed E-state index contributed by atoms with van der Waals surface area (Å²) >= 11 is 0. The van der Waals surface area contributed by atoms with Crippen LogP contribution in [-0.4, -0.2) is 81.2 Å². The van der Waals surface area contributed by atoms with Crippen molar-refractivity contribution in [3.63, 3.8) is 0 Å². The average Bonchev–Trinajstić information content (AvgIpc) is 3.06. The molecule has 3 amide bonds. The molecule has 2 aliphatic heterocycles. The number of hydrogen-bond donors (Lipinski definition) is 0. The molecule has 2 fully saturated rings. The van der Waals surface area contributed by atoms with Gasteiger partial charge in [0.2, 0.25) is 17.7 Å². The van der Waals surface area contributed by atoms with E-state index in [2.05, 4.69) is 0 Å². The van der Waals surface area contributed by atoms with Crippen LogP contribution in [0, 0.1) is 0 Å². The molecule has 2 saturated heterocycles. The van der Waals surface area contributed by atoms with Crippen LogP contribution in [0.2, 0.25) is 0 Å². The summed E-state index contributed by atoms with van der Waals surface area (Å²) in [6.45, 7) is 1.67. The Balaban J connectivity index is 1.93. The van der Waals surface area contributed by atoms with Gasteiger partial charge in [0.15, 0.2) is 0 Å². The van der Waals surface area contributed by atoms with E-state index in [1.807, 2.05) is 4.90 Å². The van der Waals surface area contributed by atoms with Crippen LogP contribution < -0.4 is 4.74 Å². The number of carbonyl (C=O) groups is 3. The fourth-order valence-corrected chi connectivity index (χ4v) is 4.84. The number of benzene rings is 1. The molecule has 1 aromatic rings.